The van der Waals surface area contributed by atoms with E-state index in [-0.39, 0.29) is 29.8 Å². The number of urea groups is 1. The monoisotopic (exact) mass is 633 g/mol. The first-order valence-electron chi connectivity index (χ1n) is 14.0. The van der Waals surface area contributed by atoms with Crippen LogP contribution in [0.2, 0.25) is 10.0 Å². The zero-order valence-electron chi connectivity index (χ0n) is 24.0. The molecule has 43 heavy (non-hydrogen) atoms. The lowest BCUT2D eigenvalue weighted by atomic mass is 9.71. The van der Waals surface area contributed by atoms with E-state index in [1.54, 1.807) is 41.0 Å². The standard InChI is InChI=1S/C32H32Cl2F3N3O3/c1-4-43-27-19-22(32(35,36)37)9-14-26(27)28-38-30(2,20-5-10-23(33)11-6-20)31(3,21-7-12-24(34)13-8-21)40(28)29(42)39-17-15-25(41)16-18-39/h5-14,19,25,41H,4,15-18H2,1-3H3/t30-,31+/m0/s1. The summed E-state index contributed by atoms with van der Waals surface area (Å²) in [5.74, 6) is 0.130. The number of aliphatic imine (C=N–C) groups is 1. The van der Waals surface area contributed by atoms with Gasteiger partial charge in [-0.15, -0.1) is 0 Å². The summed E-state index contributed by atoms with van der Waals surface area (Å²) >= 11 is 12.5. The van der Waals surface area contributed by atoms with Crippen LogP contribution in [-0.4, -0.2) is 52.6 Å². The Bertz CT molecular complexity index is 1520. The van der Waals surface area contributed by atoms with E-state index in [1.165, 1.54) is 6.07 Å². The lowest BCUT2D eigenvalue weighted by Crippen LogP contribution is -2.59. The molecule has 2 atom stereocenters. The summed E-state index contributed by atoms with van der Waals surface area (Å²) in [4.78, 5) is 23.0. The molecule has 0 saturated carbocycles. The molecular formula is C32H32Cl2F3N3O3. The highest BCUT2D eigenvalue weighted by Crippen LogP contribution is 2.54. The number of piperidine rings is 1. The van der Waals surface area contributed by atoms with Gasteiger partial charge < -0.3 is 14.7 Å². The molecule has 3 aromatic rings. The fourth-order valence-corrected chi connectivity index (χ4v) is 6.18. The number of aliphatic hydroxyl groups excluding tert-OH is 1. The minimum Gasteiger partial charge on any atom is -0.493 e. The van der Waals surface area contributed by atoms with E-state index in [0.29, 0.717) is 41.5 Å². The summed E-state index contributed by atoms with van der Waals surface area (Å²) in [6, 6.07) is 17.1. The number of halogens is 5. The maximum atomic E-state index is 14.6. The van der Waals surface area contributed by atoms with Gasteiger partial charge in [-0.25, -0.2) is 4.79 Å². The highest BCUT2D eigenvalue weighted by molar-refractivity contribution is 6.30. The smallest absolute Gasteiger partial charge is 0.416 e. The molecule has 0 aliphatic carbocycles. The zero-order valence-corrected chi connectivity index (χ0v) is 25.5. The second kappa shape index (κ2) is 11.7. The predicted molar refractivity (Wildman–Crippen MR) is 161 cm³/mol. The van der Waals surface area contributed by atoms with Crippen molar-refractivity contribution in [2.45, 2.75) is 57.0 Å². The molecule has 228 valence electrons. The van der Waals surface area contributed by atoms with Crippen LogP contribution in [0.4, 0.5) is 18.0 Å². The van der Waals surface area contributed by atoms with E-state index in [4.69, 9.17) is 32.9 Å². The fourth-order valence-electron chi connectivity index (χ4n) is 5.92. The average molecular weight is 635 g/mol. The number of ether oxygens (including phenoxy) is 1. The normalized spacial score (nSPS) is 23.0. The summed E-state index contributed by atoms with van der Waals surface area (Å²) in [5.41, 5.74) is -1.51. The quantitative estimate of drug-likeness (QED) is 0.311. The molecule has 2 aliphatic heterocycles. The second-order valence-electron chi connectivity index (χ2n) is 11.1. The Labute approximate surface area is 258 Å². The number of amides is 2. The third kappa shape index (κ3) is 5.58. The van der Waals surface area contributed by atoms with E-state index in [1.807, 2.05) is 38.1 Å². The summed E-state index contributed by atoms with van der Waals surface area (Å²) in [5, 5.41) is 11.2. The van der Waals surface area contributed by atoms with Gasteiger partial charge in [0, 0.05) is 23.1 Å². The van der Waals surface area contributed by atoms with Gasteiger partial charge in [0.05, 0.1) is 23.8 Å². The van der Waals surface area contributed by atoms with E-state index in [0.717, 1.165) is 17.7 Å². The Morgan fingerprint density at radius 2 is 1.53 bits per heavy atom. The second-order valence-corrected chi connectivity index (χ2v) is 11.9. The molecule has 0 radical (unpaired) electrons. The first-order valence-corrected chi connectivity index (χ1v) is 14.8. The average Bonchev–Trinajstić information content (AvgIpc) is 3.21. The van der Waals surface area contributed by atoms with Gasteiger partial charge in [-0.05, 0) is 87.2 Å². The molecule has 1 N–H and O–H groups in total. The van der Waals surface area contributed by atoms with E-state index in [2.05, 4.69) is 0 Å². The molecule has 3 aromatic carbocycles. The largest absolute Gasteiger partial charge is 0.493 e. The number of amidine groups is 1. The molecular weight excluding hydrogens is 602 g/mol. The molecule has 5 rings (SSSR count). The van der Waals surface area contributed by atoms with E-state index in [9.17, 15) is 23.1 Å². The fraction of sp³-hybridized carbons (Fsp3) is 0.375. The molecule has 0 unspecified atom stereocenters. The van der Waals surface area contributed by atoms with Crippen molar-refractivity contribution in [3.63, 3.8) is 0 Å². The van der Waals surface area contributed by atoms with Gasteiger partial charge in [0.25, 0.3) is 0 Å². The number of benzene rings is 3. The summed E-state index contributed by atoms with van der Waals surface area (Å²) in [6.45, 7) is 6.18. The minimum atomic E-state index is -4.60. The number of hydrogen-bond donors (Lipinski definition) is 1. The van der Waals surface area contributed by atoms with Crippen molar-refractivity contribution in [2.75, 3.05) is 19.7 Å². The first-order chi connectivity index (χ1) is 20.3. The third-order valence-corrected chi connectivity index (χ3v) is 9.03. The van der Waals surface area contributed by atoms with Crippen molar-refractivity contribution >= 4 is 35.1 Å². The van der Waals surface area contributed by atoms with Crippen LogP contribution in [-0.2, 0) is 17.3 Å². The van der Waals surface area contributed by atoms with E-state index < -0.39 is 28.9 Å². The first kappa shape index (κ1) is 31.2. The summed E-state index contributed by atoms with van der Waals surface area (Å²) in [6.07, 6.45) is -4.30. The lowest BCUT2D eigenvalue weighted by Gasteiger charge is -2.47. The molecule has 2 amide bonds. The summed E-state index contributed by atoms with van der Waals surface area (Å²) < 4.78 is 47.0. The molecule has 2 aliphatic rings. The van der Waals surface area contributed by atoms with Crippen LogP contribution in [0.25, 0.3) is 0 Å². The number of carbonyl (C=O) groups is 1. The Balaban J connectivity index is 1.79. The number of rotatable bonds is 5. The Hall–Kier alpha value is -3.27. The zero-order chi connectivity index (χ0) is 31.2. The van der Waals surface area contributed by atoms with E-state index >= 15 is 0 Å². The number of carbonyl (C=O) groups excluding carboxylic acids is 1. The molecule has 11 heteroatoms. The van der Waals surface area contributed by atoms with Gasteiger partial charge in [-0.2, -0.15) is 13.2 Å². The van der Waals surface area contributed by atoms with Gasteiger partial charge >= 0.3 is 12.2 Å². The Morgan fingerprint density at radius 1 is 0.977 bits per heavy atom. The molecule has 1 fully saturated rings. The number of alkyl halides is 3. The highest BCUT2D eigenvalue weighted by Gasteiger charge is 2.60. The highest BCUT2D eigenvalue weighted by atomic mass is 35.5. The van der Waals surface area contributed by atoms with Crippen molar-refractivity contribution in [2.24, 2.45) is 4.99 Å². The van der Waals surface area contributed by atoms with Crippen LogP contribution in [0.1, 0.15) is 55.9 Å². The van der Waals surface area contributed by atoms with Crippen molar-refractivity contribution in [3.05, 3.63) is 99.0 Å². The number of hydrogen-bond acceptors (Lipinski definition) is 4. The van der Waals surface area contributed by atoms with Gasteiger partial charge in [0.2, 0.25) is 0 Å². The van der Waals surface area contributed by atoms with Crippen molar-refractivity contribution in [1.29, 1.82) is 0 Å². The van der Waals surface area contributed by atoms with Crippen LogP contribution in [0.3, 0.4) is 0 Å². The third-order valence-electron chi connectivity index (χ3n) is 8.53. The summed E-state index contributed by atoms with van der Waals surface area (Å²) in [7, 11) is 0. The van der Waals surface area contributed by atoms with Gasteiger partial charge in [-0.1, -0.05) is 47.5 Å². The topological polar surface area (TPSA) is 65.4 Å². The lowest BCUT2D eigenvalue weighted by molar-refractivity contribution is -0.137. The molecule has 0 spiro atoms. The van der Waals surface area contributed by atoms with Gasteiger partial charge in [-0.3, -0.25) is 9.89 Å². The van der Waals surface area contributed by atoms with Crippen LogP contribution < -0.4 is 4.74 Å². The molecule has 0 aromatic heterocycles. The van der Waals surface area contributed by atoms with Gasteiger partial charge in [0.15, 0.2) is 0 Å². The number of aliphatic hydroxyl groups is 1. The Kier molecular flexibility index (Phi) is 8.46. The molecule has 0 bridgehead atoms. The molecule has 1 saturated heterocycles. The van der Waals surface area contributed by atoms with Crippen LogP contribution >= 0.6 is 23.2 Å². The maximum Gasteiger partial charge on any atom is 0.416 e. The minimum absolute atomic E-state index is 0.0400. The van der Waals surface area contributed by atoms with Crippen molar-refractivity contribution in [3.8, 4) is 5.75 Å². The predicted octanol–water partition coefficient (Wildman–Crippen LogP) is 7.88. The van der Waals surface area contributed by atoms with Gasteiger partial charge in [0.1, 0.15) is 22.7 Å². The number of likely N-dealkylation sites (tertiary alicyclic amines) is 1. The maximum absolute atomic E-state index is 14.6. The van der Waals surface area contributed by atoms with Crippen LogP contribution in [0.15, 0.2) is 71.7 Å². The van der Waals surface area contributed by atoms with Crippen LogP contribution in [0, 0.1) is 0 Å². The molecule has 6 nitrogen and oxygen atoms in total. The van der Waals surface area contributed by atoms with Crippen molar-refractivity contribution < 1.29 is 27.8 Å². The van der Waals surface area contributed by atoms with Crippen molar-refractivity contribution in [1.82, 2.24) is 9.80 Å². The van der Waals surface area contributed by atoms with Crippen LogP contribution in [0.5, 0.6) is 5.75 Å². The molecule has 2 heterocycles. The number of nitrogens with zero attached hydrogens (tertiary/aromatic N) is 3. The Morgan fingerprint density at radius 3 is 2.07 bits per heavy atom. The SMILES string of the molecule is CCOc1cc(C(F)(F)F)ccc1C1=N[C@@](C)(c2ccc(Cl)cc2)[C@@](C)(c2ccc(Cl)cc2)N1C(=O)N1CCC(O)CC1.